The Balaban J connectivity index is 1.86. The number of benzene rings is 1. The van der Waals surface area contributed by atoms with Gasteiger partial charge in [0.15, 0.2) is 0 Å². The van der Waals surface area contributed by atoms with E-state index in [-0.39, 0.29) is 6.10 Å². The van der Waals surface area contributed by atoms with Crippen molar-refractivity contribution in [1.82, 2.24) is 0 Å². The molecule has 0 aromatic heterocycles. The van der Waals surface area contributed by atoms with E-state index < -0.39 is 0 Å². The molecule has 1 aliphatic rings. The van der Waals surface area contributed by atoms with Crippen molar-refractivity contribution in [2.75, 3.05) is 13.2 Å². The first-order valence-electron chi connectivity index (χ1n) is 6.33. The van der Waals surface area contributed by atoms with E-state index in [4.69, 9.17) is 14.7 Å². The fourth-order valence-electron chi connectivity index (χ4n) is 1.98. The van der Waals surface area contributed by atoms with Gasteiger partial charge in [-0.15, -0.1) is 0 Å². The van der Waals surface area contributed by atoms with Crippen LogP contribution in [-0.2, 0) is 4.74 Å². The lowest BCUT2D eigenvalue weighted by Crippen LogP contribution is -2.25. The van der Waals surface area contributed by atoms with Gasteiger partial charge in [-0.3, -0.25) is 0 Å². The second kappa shape index (κ2) is 6.40. The lowest BCUT2D eigenvalue weighted by atomic mass is 10.1. The molecule has 4 nitrogen and oxygen atoms in total. The van der Waals surface area contributed by atoms with Crippen molar-refractivity contribution in [2.24, 2.45) is 5.16 Å². The SMILES string of the molecule is C/C(=N\O)c1ccc(OCC2CCCCO2)cc1. The largest absolute Gasteiger partial charge is 0.491 e. The molecule has 0 spiro atoms. The smallest absolute Gasteiger partial charge is 0.119 e. The monoisotopic (exact) mass is 249 g/mol. The van der Waals surface area contributed by atoms with Crippen LogP contribution in [0.2, 0.25) is 0 Å². The molecule has 1 aromatic rings. The Hall–Kier alpha value is -1.55. The molecule has 18 heavy (non-hydrogen) atoms. The average molecular weight is 249 g/mol. The number of nitrogens with zero attached hydrogens (tertiary/aromatic N) is 1. The lowest BCUT2D eigenvalue weighted by Gasteiger charge is -2.22. The first-order valence-corrected chi connectivity index (χ1v) is 6.33. The van der Waals surface area contributed by atoms with Gasteiger partial charge in [-0.1, -0.05) is 5.16 Å². The first-order chi connectivity index (χ1) is 8.79. The van der Waals surface area contributed by atoms with E-state index in [1.54, 1.807) is 6.92 Å². The van der Waals surface area contributed by atoms with Crippen molar-refractivity contribution in [2.45, 2.75) is 32.3 Å². The van der Waals surface area contributed by atoms with Crippen LogP contribution in [0, 0.1) is 0 Å². The average Bonchev–Trinajstić information content (AvgIpc) is 2.46. The zero-order valence-corrected chi connectivity index (χ0v) is 10.6. The van der Waals surface area contributed by atoms with Gasteiger partial charge in [-0.25, -0.2) is 0 Å². The van der Waals surface area contributed by atoms with Gasteiger partial charge in [-0.2, -0.15) is 0 Å². The van der Waals surface area contributed by atoms with E-state index in [9.17, 15) is 0 Å². The molecule has 2 rings (SSSR count). The first kappa shape index (κ1) is 12.9. The third-order valence-corrected chi connectivity index (χ3v) is 3.13. The van der Waals surface area contributed by atoms with Gasteiger partial charge in [0, 0.05) is 6.61 Å². The number of oxime groups is 1. The van der Waals surface area contributed by atoms with Crippen LogP contribution in [0.4, 0.5) is 0 Å². The summed E-state index contributed by atoms with van der Waals surface area (Å²) in [5, 5.41) is 11.8. The predicted molar refractivity (Wildman–Crippen MR) is 69.5 cm³/mol. The Morgan fingerprint density at radius 3 is 2.78 bits per heavy atom. The number of hydrogen-bond donors (Lipinski definition) is 1. The Kier molecular flexibility index (Phi) is 4.59. The molecule has 1 heterocycles. The molecule has 1 N–H and O–H groups in total. The minimum atomic E-state index is 0.221. The molecule has 1 saturated heterocycles. The summed E-state index contributed by atoms with van der Waals surface area (Å²) < 4.78 is 11.3. The Labute approximate surface area is 107 Å². The summed E-state index contributed by atoms with van der Waals surface area (Å²) in [6.45, 7) is 3.21. The highest BCUT2D eigenvalue weighted by atomic mass is 16.5. The summed E-state index contributed by atoms with van der Waals surface area (Å²) in [5.41, 5.74) is 1.48. The van der Waals surface area contributed by atoms with E-state index in [1.807, 2.05) is 24.3 Å². The summed E-state index contributed by atoms with van der Waals surface area (Å²) >= 11 is 0. The highest BCUT2D eigenvalue weighted by Gasteiger charge is 2.14. The van der Waals surface area contributed by atoms with E-state index in [2.05, 4.69) is 5.16 Å². The van der Waals surface area contributed by atoms with Crippen LogP contribution < -0.4 is 4.74 Å². The van der Waals surface area contributed by atoms with Crippen LogP contribution in [0.3, 0.4) is 0 Å². The molecule has 1 aromatic carbocycles. The molecule has 1 aliphatic heterocycles. The molecule has 0 bridgehead atoms. The Bertz CT molecular complexity index is 394. The van der Waals surface area contributed by atoms with Gasteiger partial charge in [0.2, 0.25) is 0 Å². The molecule has 0 radical (unpaired) electrons. The second-order valence-corrected chi connectivity index (χ2v) is 4.51. The van der Waals surface area contributed by atoms with Crippen molar-refractivity contribution >= 4 is 5.71 Å². The standard InChI is InChI=1S/C14H19NO3/c1-11(15-16)12-5-7-13(8-6-12)18-10-14-4-2-3-9-17-14/h5-8,14,16H,2-4,9-10H2,1H3/b15-11+. The third-order valence-electron chi connectivity index (χ3n) is 3.13. The summed E-state index contributed by atoms with van der Waals surface area (Å²) in [5.74, 6) is 0.818. The van der Waals surface area contributed by atoms with Gasteiger partial charge < -0.3 is 14.7 Å². The van der Waals surface area contributed by atoms with Crippen LogP contribution in [0.15, 0.2) is 29.4 Å². The molecule has 0 saturated carbocycles. The van der Waals surface area contributed by atoms with Crippen molar-refractivity contribution in [3.63, 3.8) is 0 Å². The second-order valence-electron chi connectivity index (χ2n) is 4.51. The fourth-order valence-corrected chi connectivity index (χ4v) is 1.98. The molecular formula is C14H19NO3. The summed E-state index contributed by atoms with van der Waals surface area (Å²) in [7, 11) is 0. The molecule has 4 heteroatoms. The predicted octanol–water partition coefficient (Wildman–Crippen LogP) is 2.83. The van der Waals surface area contributed by atoms with Crippen LogP contribution in [-0.4, -0.2) is 30.2 Å². The Morgan fingerprint density at radius 2 is 2.17 bits per heavy atom. The van der Waals surface area contributed by atoms with Gasteiger partial charge >= 0.3 is 0 Å². The number of hydrogen-bond acceptors (Lipinski definition) is 4. The van der Waals surface area contributed by atoms with Gasteiger partial charge in [0.25, 0.3) is 0 Å². The van der Waals surface area contributed by atoms with E-state index in [0.29, 0.717) is 12.3 Å². The zero-order chi connectivity index (χ0) is 12.8. The van der Waals surface area contributed by atoms with Crippen LogP contribution in [0.1, 0.15) is 31.7 Å². The van der Waals surface area contributed by atoms with Crippen molar-refractivity contribution < 1.29 is 14.7 Å². The van der Waals surface area contributed by atoms with Gasteiger partial charge in [0.05, 0.1) is 11.8 Å². The maximum Gasteiger partial charge on any atom is 0.119 e. The lowest BCUT2D eigenvalue weighted by molar-refractivity contribution is -0.0110. The fraction of sp³-hybridized carbons (Fsp3) is 0.500. The molecular weight excluding hydrogens is 230 g/mol. The normalized spacial score (nSPS) is 20.7. The topological polar surface area (TPSA) is 51.1 Å². The molecule has 1 unspecified atom stereocenters. The minimum Gasteiger partial charge on any atom is -0.491 e. The van der Waals surface area contributed by atoms with Crippen LogP contribution in [0.5, 0.6) is 5.75 Å². The van der Waals surface area contributed by atoms with Gasteiger partial charge in [0.1, 0.15) is 12.4 Å². The van der Waals surface area contributed by atoms with Crippen molar-refractivity contribution in [3.8, 4) is 5.75 Å². The third kappa shape index (κ3) is 3.47. The number of rotatable bonds is 4. The maximum atomic E-state index is 8.67. The van der Waals surface area contributed by atoms with Crippen LogP contribution in [0.25, 0.3) is 0 Å². The minimum absolute atomic E-state index is 0.221. The molecule has 0 aliphatic carbocycles. The van der Waals surface area contributed by atoms with E-state index in [1.165, 1.54) is 6.42 Å². The Morgan fingerprint density at radius 1 is 1.39 bits per heavy atom. The molecule has 0 amide bonds. The van der Waals surface area contributed by atoms with E-state index >= 15 is 0 Å². The highest BCUT2D eigenvalue weighted by Crippen LogP contribution is 2.17. The quantitative estimate of drug-likeness (QED) is 0.507. The highest BCUT2D eigenvalue weighted by molar-refractivity contribution is 5.98. The molecule has 98 valence electrons. The van der Waals surface area contributed by atoms with Gasteiger partial charge in [-0.05, 0) is 56.0 Å². The summed E-state index contributed by atoms with van der Waals surface area (Å²) in [6.07, 6.45) is 3.68. The zero-order valence-electron chi connectivity index (χ0n) is 10.6. The summed E-state index contributed by atoms with van der Waals surface area (Å²) in [4.78, 5) is 0. The van der Waals surface area contributed by atoms with E-state index in [0.717, 1.165) is 30.8 Å². The molecule has 1 fully saturated rings. The van der Waals surface area contributed by atoms with Crippen molar-refractivity contribution in [3.05, 3.63) is 29.8 Å². The summed E-state index contributed by atoms with van der Waals surface area (Å²) in [6, 6.07) is 7.53. The molecule has 1 atom stereocenters. The number of ether oxygens (including phenoxy) is 2. The van der Waals surface area contributed by atoms with Crippen LogP contribution >= 0.6 is 0 Å². The van der Waals surface area contributed by atoms with Crippen molar-refractivity contribution in [1.29, 1.82) is 0 Å². The maximum absolute atomic E-state index is 8.67.